The van der Waals surface area contributed by atoms with Crippen LogP contribution < -0.4 is 0 Å². The van der Waals surface area contributed by atoms with E-state index >= 15 is 0 Å². The van der Waals surface area contributed by atoms with Crippen LogP contribution in [0.5, 0.6) is 0 Å². The highest BCUT2D eigenvalue weighted by Crippen LogP contribution is 2.09. The lowest BCUT2D eigenvalue weighted by atomic mass is 10.3. The normalized spacial score (nSPS) is 26.1. The van der Waals surface area contributed by atoms with Gasteiger partial charge < -0.3 is 4.74 Å². The van der Waals surface area contributed by atoms with Crippen molar-refractivity contribution in [3.05, 3.63) is 0 Å². The van der Waals surface area contributed by atoms with E-state index in [9.17, 15) is 0 Å². The van der Waals surface area contributed by atoms with Crippen LogP contribution >= 0.6 is 11.9 Å². The van der Waals surface area contributed by atoms with Crippen LogP contribution in [0.4, 0.5) is 0 Å². The molecule has 2 aliphatic heterocycles. The van der Waals surface area contributed by atoms with Crippen LogP contribution in [0.3, 0.4) is 0 Å². The zero-order valence-electron chi connectivity index (χ0n) is 10.2. The van der Waals surface area contributed by atoms with E-state index in [1.807, 2.05) is 11.9 Å². The molecule has 0 unspecified atom stereocenters. The Kier molecular flexibility index (Phi) is 5.38. The summed E-state index contributed by atoms with van der Waals surface area (Å²) < 4.78 is 7.81. The number of hydrogen-bond acceptors (Lipinski definition) is 5. The van der Waals surface area contributed by atoms with Crippen LogP contribution in [0.25, 0.3) is 0 Å². The van der Waals surface area contributed by atoms with E-state index in [1.165, 1.54) is 39.3 Å². The van der Waals surface area contributed by atoms with Crippen molar-refractivity contribution in [3.8, 4) is 0 Å². The number of morpholine rings is 1. The Morgan fingerprint density at radius 2 is 1.44 bits per heavy atom. The number of ether oxygens (including phenoxy) is 1. The van der Waals surface area contributed by atoms with Crippen molar-refractivity contribution < 1.29 is 4.74 Å². The van der Waals surface area contributed by atoms with Gasteiger partial charge in [0.25, 0.3) is 0 Å². The molecule has 2 aliphatic rings. The SMILES string of the molecule is CSN1CCN(CCN2CCOCC2)CC1. The molecule has 16 heavy (non-hydrogen) atoms. The van der Waals surface area contributed by atoms with Crippen molar-refractivity contribution in [2.75, 3.05) is 71.8 Å². The predicted molar refractivity (Wildman–Crippen MR) is 68.8 cm³/mol. The number of piperazine rings is 1. The summed E-state index contributed by atoms with van der Waals surface area (Å²) >= 11 is 1.87. The number of hydrogen-bond donors (Lipinski definition) is 0. The van der Waals surface area contributed by atoms with E-state index in [1.54, 1.807) is 0 Å². The quantitative estimate of drug-likeness (QED) is 0.658. The lowest BCUT2D eigenvalue weighted by molar-refractivity contribution is 0.0319. The van der Waals surface area contributed by atoms with Gasteiger partial charge in [-0.15, -0.1) is 0 Å². The third kappa shape index (κ3) is 3.89. The molecule has 4 nitrogen and oxygen atoms in total. The van der Waals surface area contributed by atoms with Gasteiger partial charge >= 0.3 is 0 Å². The molecule has 0 aromatic carbocycles. The summed E-state index contributed by atoms with van der Waals surface area (Å²) in [6.45, 7) is 11.4. The molecular formula is C11H23N3OS. The molecule has 0 bridgehead atoms. The Balaban J connectivity index is 1.59. The highest BCUT2D eigenvalue weighted by atomic mass is 32.2. The van der Waals surface area contributed by atoms with Gasteiger partial charge in [-0.1, -0.05) is 11.9 Å². The van der Waals surface area contributed by atoms with Crippen molar-refractivity contribution >= 4 is 11.9 Å². The Bertz CT molecular complexity index is 192. The highest BCUT2D eigenvalue weighted by molar-refractivity contribution is 7.96. The number of nitrogens with zero attached hydrogens (tertiary/aromatic N) is 3. The molecule has 0 saturated carbocycles. The van der Waals surface area contributed by atoms with Crippen LogP contribution in [0, 0.1) is 0 Å². The zero-order valence-corrected chi connectivity index (χ0v) is 11.0. The van der Waals surface area contributed by atoms with Crippen molar-refractivity contribution in [3.63, 3.8) is 0 Å². The van der Waals surface area contributed by atoms with Crippen molar-refractivity contribution in [2.24, 2.45) is 0 Å². The first kappa shape index (κ1) is 12.6. The molecular weight excluding hydrogens is 222 g/mol. The monoisotopic (exact) mass is 245 g/mol. The molecule has 0 amide bonds. The van der Waals surface area contributed by atoms with Gasteiger partial charge in [-0.2, -0.15) is 0 Å². The predicted octanol–water partition coefficient (Wildman–Crippen LogP) is 0.214. The molecule has 2 saturated heterocycles. The van der Waals surface area contributed by atoms with Gasteiger partial charge in [-0.25, -0.2) is 4.31 Å². The summed E-state index contributed by atoms with van der Waals surface area (Å²) in [5.41, 5.74) is 0. The maximum atomic E-state index is 5.36. The molecule has 0 atom stereocenters. The minimum atomic E-state index is 0.917. The molecule has 0 radical (unpaired) electrons. The van der Waals surface area contributed by atoms with E-state index in [0.717, 1.165) is 26.3 Å². The molecule has 0 aromatic rings. The summed E-state index contributed by atoms with van der Waals surface area (Å²) in [7, 11) is 0. The summed E-state index contributed by atoms with van der Waals surface area (Å²) in [4.78, 5) is 5.10. The Hall–Kier alpha value is 0.190. The van der Waals surface area contributed by atoms with E-state index in [0.29, 0.717) is 0 Å². The van der Waals surface area contributed by atoms with Crippen molar-refractivity contribution in [1.29, 1.82) is 0 Å². The Morgan fingerprint density at radius 3 is 2.00 bits per heavy atom. The van der Waals surface area contributed by atoms with Gasteiger partial charge in [-0.3, -0.25) is 9.80 Å². The highest BCUT2D eigenvalue weighted by Gasteiger charge is 2.17. The average Bonchev–Trinajstić information content (AvgIpc) is 2.38. The average molecular weight is 245 g/mol. The van der Waals surface area contributed by atoms with Crippen LogP contribution in [-0.4, -0.2) is 85.9 Å². The molecule has 0 N–H and O–H groups in total. The first-order valence-corrected chi connectivity index (χ1v) is 7.38. The van der Waals surface area contributed by atoms with Crippen LogP contribution in [0.1, 0.15) is 0 Å². The van der Waals surface area contributed by atoms with Crippen LogP contribution in [-0.2, 0) is 4.74 Å². The molecule has 0 aromatic heterocycles. The first-order chi connectivity index (χ1) is 7.88. The fraction of sp³-hybridized carbons (Fsp3) is 1.00. The van der Waals surface area contributed by atoms with Crippen LogP contribution in [0.2, 0.25) is 0 Å². The first-order valence-electron chi connectivity index (χ1n) is 6.20. The maximum Gasteiger partial charge on any atom is 0.0594 e. The summed E-state index contributed by atoms with van der Waals surface area (Å²) in [5, 5.41) is 0. The zero-order chi connectivity index (χ0) is 11.2. The topological polar surface area (TPSA) is 19.0 Å². The molecule has 5 heteroatoms. The largest absolute Gasteiger partial charge is 0.379 e. The molecule has 2 fully saturated rings. The summed E-state index contributed by atoms with van der Waals surface area (Å²) in [5.74, 6) is 0. The third-order valence-corrected chi connectivity index (χ3v) is 4.31. The van der Waals surface area contributed by atoms with E-state index in [2.05, 4.69) is 20.4 Å². The molecule has 94 valence electrons. The minimum absolute atomic E-state index is 0.917. The van der Waals surface area contributed by atoms with Gasteiger partial charge in [0.05, 0.1) is 13.2 Å². The van der Waals surface area contributed by atoms with Crippen molar-refractivity contribution in [1.82, 2.24) is 14.1 Å². The second-order valence-corrected chi connectivity index (χ2v) is 5.29. The van der Waals surface area contributed by atoms with Crippen LogP contribution in [0.15, 0.2) is 0 Å². The van der Waals surface area contributed by atoms with Crippen molar-refractivity contribution in [2.45, 2.75) is 0 Å². The van der Waals surface area contributed by atoms with E-state index in [-0.39, 0.29) is 0 Å². The van der Waals surface area contributed by atoms with Gasteiger partial charge in [-0.05, 0) is 6.26 Å². The Labute approximate surface area is 103 Å². The Morgan fingerprint density at radius 1 is 0.875 bits per heavy atom. The molecule has 2 rings (SSSR count). The lowest BCUT2D eigenvalue weighted by Gasteiger charge is -2.35. The molecule has 0 aliphatic carbocycles. The van der Waals surface area contributed by atoms with Gasteiger partial charge in [0.15, 0.2) is 0 Å². The summed E-state index contributed by atoms with van der Waals surface area (Å²) in [6.07, 6.45) is 2.17. The second kappa shape index (κ2) is 6.81. The van der Waals surface area contributed by atoms with E-state index < -0.39 is 0 Å². The fourth-order valence-electron chi connectivity index (χ4n) is 2.24. The van der Waals surface area contributed by atoms with Gasteiger partial charge in [0, 0.05) is 52.4 Å². The van der Waals surface area contributed by atoms with E-state index in [4.69, 9.17) is 4.74 Å². The summed E-state index contributed by atoms with van der Waals surface area (Å²) in [6, 6.07) is 0. The molecule has 0 spiro atoms. The number of rotatable bonds is 4. The lowest BCUT2D eigenvalue weighted by Crippen LogP contribution is -2.47. The molecule has 2 heterocycles. The second-order valence-electron chi connectivity index (χ2n) is 4.41. The fourth-order valence-corrected chi connectivity index (χ4v) is 2.77. The standard InChI is InChI=1S/C11H23N3OS/c1-16-14-6-4-12(5-7-14)2-3-13-8-10-15-11-9-13/h2-11H2,1H3. The van der Waals surface area contributed by atoms with Gasteiger partial charge in [0.2, 0.25) is 0 Å². The minimum Gasteiger partial charge on any atom is -0.379 e. The maximum absolute atomic E-state index is 5.36. The smallest absolute Gasteiger partial charge is 0.0594 e. The van der Waals surface area contributed by atoms with Gasteiger partial charge in [0.1, 0.15) is 0 Å². The third-order valence-electron chi connectivity index (χ3n) is 3.43.